The number of rotatable bonds is 8. The average Bonchev–Trinajstić information content (AvgIpc) is 3.54. The lowest BCUT2D eigenvalue weighted by Gasteiger charge is -2.30. The Morgan fingerprint density at radius 1 is 1.03 bits per heavy atom. The van der Waals surface area contributed by atoms with Crippen molar-refractivity contribution in [2.24, 2.45) is 0 Å². The van der Waals surface area contributed by atoms with Crippen molar-refractivity contribution >= 4 is 28.8 Å². The van der Waals surface area contributed by atoms with Crippen LogP contribution in [0.25, 0.3) is 0 Å². The fourth-order valence-electron chi connectivity index (χ4n) is 3.69. The molecule has 0 aliphatic heterocycles. The summed E-state index contributed by atoms with van der Waals surface area (Å²) >= 11 is 1.70. The van der Waals surface area contributed by atoms with Crippen molar-refractivity contribution in [2.45, 2.75) is 32.9 Å². The highest BCUT2D eigenvalue weighted by atomic mass is 32.1. The quantitative estimate of drug-likeness (QED) is 0.343. The molecule has 4 aromatic rings. The molecular formula is C27H26N2O3S. The molecule has 168 valence electrons. The summed E-state index contributed by atoms with van der Waals surface area (Å²) in [5, 5.41) is 4.92. The van der Waals surface area contributed by atoms with Crippen LogP contribution in [0.4, 0.5) is 5.69 Å². The maximum Gasteiger partial charge on any atom is 0.291 e. The van der Waals surface area contributed by atoms with Crippen molar-refractivity contribution in [1.29, 1.82) is 0 Å². The van der Waals surface area contributed by atoms with E-state index in [1.54, 1.807) is 29.5 Å². The van der Waals surface area contributed by atoms with Crippen LogP contribution in [0.15, 0.2) is 88.9 Å². The number of hydrogen-bond acceptors (Lipinski definition) is 4. The maximum atomic E-state index is 13.7. The Morgan fingerprint density at radius 2 is 1.85 bits per heavy atom. The summed E-state index contributed by atoms with van der Waals surface area (Å²) in [6.07, 6.45) is 2.24. The number of hydrogen-bond donors (Lipinski definition) is 1. The second-order valence-electron chi connectivity index (χ2n) is 8.01. The fraction of sp³-hybridized carbons (Fsp3) is 0.185. The number of amides is 2. The third-order valence-electron chi connectivity index (χ3n) is 5.54. The monoisotopic (exact) mass is 458 g/mol. The lowest BCUT2D eigenvalue weighted by atomic mass is 10.1. The Labute approximate surface area is 197 Å². The van der Waals surface area contributed by atoms with E-state index in [-0.39, 0.29) is 23.6 Å². The SMILES string of the molecule is Cc1ccc(C(=O)N(Cc2ccccc2)[C@@H](C)Cc2cccs2)cc1NC(=O)c1ccco1. The van der Waals surface area contributed by atoms with Gasteiger partial charge in [0, 0.05) is 35.1 Å². The lowest BCUT2D eigenvalue weighted by Crippen LogP contribution is -2.39. The smallest absolute Gasteiger partial charge is 0.291 e. The minimum Gasteiger partial charge on any atom is -0.459 e. The maximum absolute atomic E-state index is 13.7. The highest BCUT2D eigenvalue weighted by Crippen LogP contribution is 2.23. The molecule has 1 N–H and O–H groups in total. The van der Waals surface area contributed by atoms with Gasteiger partial charge < -0.3 is 14.6 Å². The van der Waals surface area contributed by atoms with Gasteiger partial charge in [0.05, 0.1) is 6.26 Å². The number of nitrogens with zero attached hydrogens (tertiary/aromatic N) is 1. The predicted octanol–water partition coefficient (Wildman–Crippen LogP) is 6.18. The zero-order valence-electron chi connectivity index (χ0n) is 18.7. The van der Waals surface area contributed by atoms with Crippen molar-refractivity contribution in [1.82, 2.24) is 4.90 Å². The van der Waals surface area contributed by atoms with Gasteiger partial charge in [0.25, 0.3) is 11.8 Å². The minimum atomic E-state index is -0.347. The van der Waals surface area contributed by atoms with Crippen LogP contribution in [-0.2, 0) is 13.0 Å². The number of carbonyl (C=O) groups excluding carboxylic acids is 2. The van der Waals surface area contributed by atoms with E-state index in [1.807, 2.05) is 60.4 Å². The standard InChI is InChI=1S/C27H26N2O3S/c1-19-12-13-22(17-24(19)28-26(30)25-11-6-14-32-25)27(31)29(18-21-8-4-3-5-9-21)20(2)16-23-10-7-15-33-23/h3-15,17,20H,16,18H2,1-2H3,(H,28,30)/t20-/m0/s1. The molecule has 2 aromatic carbocycles. The zero-order valence-corrected chi connectivity index (χ0v) is 19.5. The second kappa shape index (κ2) is 10.3. The van der Waals surface area contributed by atoms with Crippen LogP contribution in [0.2, 0.25) is 0 Å². The van der Waals surface area contributed by atoms with Crippen molar-refractivity contribution in [3.05, 3.63) is 112 Å². The summed E-state index contributed by atoms with van der Waals surface area (Å²) in [4.78, 5) is 29.3. The van der Waals surface area contributed by atoms with Crippen LogP contribution in [0, 0.1) is 6.92 Å². The first-order chi connectivity index (χ1) is 16.0. The number of nitrogens with one attached hydrogen (secondary N) is 1. The number of anilines is 1. The lowest BCUT2D eigenvalue weighted by molar-refractivity contribution is 0.0675. The number of aryl methyl sites for hydroxylation is 1. The average molecular weight is 459 g/mol. The highest BCUT2D eigenvalue weighted by Gasteiger charge is 2.23. The minimum absolute atomic E-state index is 0.00109. The third kappa shape index (κ3) is 5.59. The van der Waals surface area contributed by atoms with E-state index in [4.69, 9.17) is 4.42 Å². The Kier molecular flexibility index (Phi) is 7.05. The Balaban J connectivity index is 1.60. The molecule has 2 amide bonds. The van der Waals surface area contributed by atoms with Gasteiger partial charge in [0.1, 0.15) is 0 Å². The van der Waals surface area contributed by atoms with E-state index in [0.29, 0.717) is 17.8 Å². The molecule has 0 saturated carbocycles. The molecule has 2 heterocycles. The molecule has 5 nitrogen and oxygen atoms in total. The summed E-state index contributed by atoms with van der Waals surface area (Å²) in [6.45, 7) is 4.48. The number of benzene rings is 2. The molecular weight excluding hydrogens is 432 g/mol. The van der Waals surface area contributed by atoms with Crippen LogP contribution >= 0.6 is 11.3 Å². The van der Waals surface area contributed by atoms with Gasteiger partial charge >= 0.3 is 0 Å². The molecule has 2 aromatic heterocycles. The zero-order chi connectivity index (χ0) is 23.2. The first kappa shape index (κ1) is 22.6. The van der Waals surface area contributed by atoms with E-state index >= 15 is 0 Å². The van der Waals surface area contributed by atoms with Crippen LogP contribution in [-0.4, -0.2) is 22.8 Å². The van der Waals surface area contributed by atoms with E-state index < -0.39 is 0 Å². The van der Waals surface area contributed by atoms with Gasteiger partial charge in [-0.05, 0) is 60.7 Å². The van der Waals surface area contributed by atoms with Gasteiger partial charge in [0.2, 0.25) is 0 Å². The van der Waals surface area contributed by atoms with Crippen molar-refractivity contribution in [3.8, 4) is 0 Å². The Morgan fingerprint density at radius 3 is 2.55 bits per heavy atom. The molecule has 0 saturated heterocycles. The van der Waals surface area contributed by atoms with E-state index in [2.05, 4.69) is 23.7 Å². The highest BCUT2D eigenvalue weighted by molar-refractivity contribution is 7.09. The van der Waals surface area contributed by atoms with Gasteiger partial charge in [-0.2, -0.15) is 0 Å². The summed E-state index contributed by atoms with van der Waals surface area (Å²) < 4.78 is 5.18. The first-order valence-electron chi connectivity index (χ1n) is 10.8. The largest absolute Gasteiger partial charge is 0.459 e. The van der Waals surface area contributed by atoms with Crippen LogP contribution in [0.3, 0.4) is 0 Å². The Bertz CT molecular complexity index is 1200. The van der Waals surface area contributed by atoms with Crippen LogP contribution in [0.5, 0.6) is 0 Å². The summed E-state index contributed by atoms with van der Waals surface area (Å²) in [5.41, 5.74) is 3.06. The van der Waals surface area contributed by atoms with E-state index in [1.165, 1.54) is 11.1 Å². The fourth-order valence-corrected chi connectivity index (χ4v) is 4.51. The number of carbonyl (C=O) groups is 2. The molecule has 0 spiro atoms. The topological polar surface area (TPSA) is 62.6 Å². The second-order valence-corrected chi connectivity index (χ2v) is 9.04. The molecule has 0 aliphatic carbocycles. The summed E-state index contributed by atoms with van der Waals surface area (Å²) in [5.74, 6) is -0.197. The summed E-state index contributed by atoms with van der Waals surface area (Å²) in [6, 6.07) is 22.8. The number of furan rings is 1. The molecule has 0 radical (unpaired) electrons. The molecule has 6 heteroatoms. The van der Waals surface area contributed by atoms with Crippen LogP contribution in [0.1, 0.15) is 43.8 Å². The molecule has 0 aliphatic rings. The molecule has 4 rings (SSSR count). The molecule has 33 heavy (non-hydrogen) atoms. The molecule has 0 unspecified atom stereocenters. The number of thiophene rings is 1. The van der Waals surface area contributed by atoms with Crippen molar-refractivity contribution in [2.75, 3.05) is 5.32 Å². The van der Waals surface area contributed by atoms with E-state index in [0.717, 1.165) is 17.5 Å². The third-order valence-corrected chi connectivity index (χ3v) is 6.44. The first-order valence-corrected chi connectivity index (χ1v) is 11.7. The normalized spacial score (nSPS) is 11.7. The Hall–Kier alpha value is -3.64. The molecule has 1 atom stereocenters. The van der Waals surface area contributed by atoms with Gasteiger partial charge in [-0.3, -0.25) is 9.59 Å². The van der Waals surface area contributed by atoms with Gasteiger partial charge in [0.15, 0.2) is 5.76 Å². The molecule has 0 fully saturated rings. The van der Waals surface area contributed by atoms with Crippen molar-refractivity contribution in [3.63, 3.8) is 0 Å². The van der Waals surface area contributed by atoms with Gasteiger partial charge in [-0.15, -0.1) is 11.3 Å². The predicted molar refractivity (Wildman–Crippen MR) is 132 cm³/mol. The van der Waals surface area contributed by atoms with E-state index in [9.17, 15) is 9.59 Å². The van der Waals surface area contributed by atoms with Gasteiger partial charge in [-0.1, -0.05) is 42.5 Å². The van der Waals surface area contributed by atoms with Crippen LogP contribution < -0.4 is 5.32 Å². The van der Waals surface area contributed by atoms with Gasteiger partial charge in [-0.25, -0.2) is 0 Å². The van der Waals surface area contributed by atoms with Crippen molar-refractivity contribution < 1.29 is 14.0 Å². The summed E-state index contributed by atoms with van der Waals surface area (Å²) in [7, 11) is 0. The molecule has 0 bridgehead atoms.